The van der Waals surface area contributed by atoms with Crippen molar-refractivity contribution in [1.82, 2.24) is 15.2 Å². The van der Waals surface area contributed by atoms with Crippen molar-refractivity contribution in [2.75, 3.05) is 5.32 Å². The highest BCUT2D eigenvalue weighted by molar-refractivity contribution is 6.08. The first-order valence-electron chi connectivity index (χ1n) is 5.63. The van der Waals surface area contributed by atoms with Gasteiger partial charge >= 0.3 is 0 Å². The molecule has 19 heavy (non-hydrogen) atoms. The molecular formula is C13H10N4O2. The van der Waals surface area contributed by atoms with E-state index in [9.17, 15) is 9.90 Å². The van der Waals surface area contributed by atoms with Crippen molar-refractivity contribution >= 4 is 22.5 Å². The Kier molecular flexibility index (Phi) is 2.60. The number of H-pyrrole nitrogens is 1. The molecule has 0 fully saturated rings. The number of fused-ring (bicyclic) bond motifs is 1. The SMILES string of the molecule is O=C(Nc1cccc2cn[nH]c12)c1ncccc1O. The van der Waals surface area contributed by atoms with Gasteiger partial charge in [-0.15, -0.1) is 0 Å². The summed E-state index contributed by atoms with van der Waals surface area (Å²) in [5, 5.41) is 19.9. The van der Waals surface area contributed by atoms with Crippen LogP contribution in [0, 0.1) is 0 Å². The molecule has 3 aromatic rings. The lowest BCUT2D eigenvalue weighted by molar-refractivity contribution is 0.101. The van der Waals surface area contributed by atoms with Crippen LogP contribution in [0.1, 0.15) is 10.5 Å². The summed E-state index contributed by atoms with van der Waals surface area (Å²) in [6, 6.07) is 8.41. The van der Waals surface area contributed by atoms with E-state index in [0.29, 0.717) is 5.69 Å². The summed E-state index contributed by atoms with van der Waals surface area (Å²) in [7, 11) is 0. The van der Waals surface area contributed by atoms with Crippen LogP contribution in [0.15, 0.2) is 42.7 Å². The number of rotatable bonds is 2. The van der Waals surface area contributed by atoms with E-state index in [2.05, 4.69) is 20.5 Å². The molecule has 0 aliphatic carbocycles. The van der Waals surface area contributed by atoms with Crippen LogP contribution < -0.4 is 5.32 Å². The summed E-state index contributed by atoms with van der Waals surface area (Å²) in [6.07, 6.45) is 3.12. The molecule has 6 nitrogen and oxygen atoms in total. The summed E-state index contributed by atoms with van der Waals surface area (Å²) in [4.78, 5) is 15.9. The third-order valence-corrected chi connectivity index (χ3v) is 2.73. The van der Waals surface area contributed by atoms with Crippen molar-refractivity contribution in [3.8, 4) is 5.75 Å². The minimum atomic E-state index is -0.472. The second-order valence-corrected chi connectivity index (χ2v) is 3.97. The minimum absolute atomic E-state index is 0.0148. The van der Waals surface area contributed by atoms with Crippen molar-refractivity contribution in [3.05, 3.63) is 48.4 Å². The van der Waals surface area contributed by atoms with Gasteiger partial charge in [0, 0.05) is 11.6 Å². The molecule has 0 atom stereocenters. The lowest BCUT2D eigenvalue weighted by atomic mass is 10.2. The van der Waals surface area contributed by atoms with Crippen LogP contribution in [-0.2, 0) is 0 Å². The number of hydrogen-bond acceptors (Lipinski definition) is 4. The molecule has 0 unspecified atom stereocenters. The Morgan fingerprint density at radius 3 is 3.00 bits per heavy atom. The van der Waals surface area contributed by atoms with Gasteiger partial charge in [0.05, 0.1) is 17.4 Å². The Labute approximate surface area is 108 Å². The largest absolute Gasteiger partial charge is 0.505 e. The molecule has 1 aromatic carbocycles. The molecule has 0 spiro atoms. The molecule has 2 heterocycles. The van der Waals surface area contributed by atoms with Crippen LogP contribution in [0.3, 0.4) is 0 Å². The topological polar surface area (TPSA) is 90.9 Å². The normalized spacial score (nSPS) is 10.5. The van der Waals surface area contributed by atoms with Gasteiger partial charge < -0.3 is 10.4 Å². The fraction of sp³-hybridized carbons (Fsp3) is 0. The van der Waals surface area contributed by atoms with Crippen LogP contribution in [0.4, 0.5) is 5.69 Å². The maximum Gasteiger partial charge on any atom is 0.278 e. The quantitative estimate of drug-likeness (QED) is 0.651. The molecule has 6 heteroatoms. The third-order valence-electron chi connectivity index (χ3n) is 2.73. The monoisotopic (exact) mass is 254 g/mol. The average Bonchev–Trinajstić information content (AvgIpc) is 2.88. The number of nitrogens with one attached hydrogen (secondary N) is 2. The van der Waals surface area contributed by atoms with E-state index < -0.39 is 5.91 Å². The Morgan fingerprint density at radius 2 is 2.16 bits per heavy atom. The second-order valence-electron chi connectivity index (χ2n) is 3.97. The van der Waals surface area contributed by atoms with E-state index in [1.54, 1.807) is 18.3 Å². The summed E-state index contributed by atoms with van der Waals surface area (Å²) >= 11 is 0. The molecule has 0 bridgehead atoms. The number of benzene rings is 1. The minimum Gasteiger partial charge on any atom is -0.505 e. The van der Waals surface area contributed by atoms with E-state index in [1.807, 2.05) is 12.1 Å². The number of carbonyl (C=O) groups is 1. The van der Waals surface area contributed by atoms with Crippen molar-refractivity contribution in [1.29, 1.82) is 0 Å². The van der Waals surface area contributed by atoms with E-state index in [-0.39, 0.29) is 11.4 Å². The fourth-order valence-corrected chi connectivity index (χ4v) is 1.83. The van der Waals surface area contributed by atoms with Crippen molar-refractivity contribution in [2.45, 2.75) is 0 Å². The number of nitrogens with zero attached hydrogens (tertiary/aromatic N) is 2. The second kappa shape index (κ2) is 4.41. The standard InChI is InChI=1S/C13H10N4O2/c18-10-5-2-6-14-12(10)13(19)16-9-4-1-3-8-7-15-17-11(8)9/h1-7,18H,(H,15,17)(H,16,19). The Morgan fingerprint density at radius 1 is 1.26 bits per heavy atom. The lowest BCUT2D eigenvalue weighted by Crippen LogP contribution is -2.14. The molecule has 0 radical (unpaired) electrons. The highest BCUT2D eigenvalue weighted by Crippen LogP contribution is 2.22. The van der Waals surface area contributed by atoms with Crippen molar-refractivity contribution < 1.29 is 9.90 Å². The Balaban J connectivity index is 1.95. The van der Waals surface area contributed by atoms with Gasteiger partial charge in [-0.2, -0.15) is 5.10 Å². The summed E-state index contributed by atoms with van der Waals surface area (Å²) in [6.45, 7) is 0. The van der Waals surface area contributed by atoms with Crippen LogP contribution >= 0.6 is 0 Å². The van der Waals surface area contributed by atoms with Gasteiger partial charge in [-0.05, 0) is 18.2 Å². The van der Waals surface area contributed by atoms with E-state index in [0.717, 1.165) is 10.9 Å². The molecule has 2 aromatic heterocycles. The zero-order valence-electron chi connectivity index (χ0n) is 9.79. The third kappa shape index (κ3) is 1.99. The van der Waals surface area contributed by atoms with E-state index in [1.165, 1.54) is 12.3 Å². The van der Waals surface area contributed by atoms with E-state index in [4.69, 9.17) is 0 Å². The maximum atomic E-state index is 12.0. The number of aromatic amines is 1. The van der Waals surface area contributed by atoms with Gasteiger partial charge in [0.25, 0.3) is 5.91 Å². The van der Waals surface area contributed by atoms with Crippen molar-refractivity contribution in [3.63, 3.8) is 0 Å². The van der Waals surface area contributed by atoms with Gasteiger partial charge in [-0.1, -0.05) is 12.1 Å². The highest BCUT2D eigenvalue weighted by atomic mass is 16.3. The number of amides is 1. The number of aromatic nitrogens is 3. The molecule has 0 aliphatic heterocycles. The zero-order chi connectivity index (χ0) is 13.2. The number of hydrogen-bond donors (Lipinski definition) is 3. The predicted octanol–water partition coefficient (Wildman–Crippen LogP) is 1.92. The van der Waals surface area contributed by atoms with E-state index >= 15 is 0 Å². The van der Waals surface area contributed by atoms with Gasteiger partial charge in [-0.25, -0.2) is 4.98 Å². The van der Waals surface area contributed by atoms with Crippen LogP contribution in [0.5, 0.6) is 5.75 Å². The van der Waals surface area contributed by atoms with Crippen LogP contribution in [0.25, 0.3) is 10.9 Å². The molecule has 0 saturated carbocycles. The Hall–Kier alpha value is -2.89. The van der Waals surface area contributed by atoms with Gasteiger partial charge in [0.15, 0.2) is 5.69 Å². The summed E-state index contributed by atoms with van der Waals surface area (Å²) < 4.78 is 0. The smallest absolute Gasteiger partial charge is 0.278 e. The average molecular weight is 254 g/mol. The first-order valence-corrected chi connectivity index (χ1v) is 5.63. The van der Waals surface area contributed by atoms with Crippen LogP contribution in [-0.4, -0.2) is 26.2 Å². The number of anilines is 1. The molecule has 0 aliphatic rings. The zero-order valence-corrected chi connectivity index (χ0v) is 9.79. The first kappa shape index (κ1) is 11.2. The van der Waals surface area contributed by atoms with Crippen LogP contribution in [0.2, 0.25) is 0 Å². The summed E-state index contributed by atoms with van der Waals surface area (Å²) in [5.74, 6) is -0.628. The number of para-hydroxylation sites is 1. The van der Waals surface area contributed by atoms with Gasteiger partial charge in [0.1, 0.15) is 5.75 Å². The van der Waals surface area contributed by atoms with Crippen molar-refractivity contribution in [2.24, 2.45) is 0 Å². The van der Waals surface area contributed by atoms with Gasteiger partial charge in [-0.3, -0.25) is 9.89 Å². The first-order chi connectivity index (χ1) is 9.25. The Bertz CT molecular complexity index is 751. The molecule has 3 N–H and O–H groups in total. The number of carbonyl (C=O) groups excluding carboxylic acids is 1. The molecule has 0 saturated heterocycles. The molecule has 3 rings (SSSR count). The predicted molar refractivity (Wildman–Crippen MR) is 69.9 cm³/mol. The summed E-state index contributed by atoms with van der Waals surface area (Å²) in [5.41, 5.74) is 1.30. The molecule has 94 valence electrons. The highest BCUT2D eigenvalue weighted by Gasteiger charge is 2.13. The number of aromatic hydroxyl groups is 1. The number of pyridine rings is 1. The molecule has 1 amide bonds. The maximum absolute atomic E-state index is 12.0. The lowest BCUT2D eigenvalue weighted by Gasteiger charge is -2.06. The fourth-order valence-electron chi connectivity index (χ4n) is 1.83. The van der Waals surface area contributed by atoms with Gasteiger partial charge in [0.2, 0.25) is 0 Å². The molecular weight excluding hydrogens is 244 g/mol.